The Labute approximate surface area is 153 Å². The number of imide groups is 1. The Morgan fingerprint density at radius 2 is 2.00 bits per heavy atom. The van der Waals surface area contributed by atoms with Crippen molar-refractivity contribution in [2.45, 2.75) is 17.8 Å². The molecule has 0 spiro atoms. The van der Waals surface area contributed by atoms with Crippen LogP contribution >= 0.6 is 23.1 Å². The van der Waals surface area contributed by atoms with Gasteiger partial charge in [0.05, 0.1) is 12.9 Å². The van der Waals surface area contributed by atoms with Crippen molar-refractivity contribution in [3.63, 3.8) is 0 Å². The van der Waals surface area contributed by atoms with E-state index in [-0.39, 0.29) is 11.7 Å². The highest BCUT2D eigenvalue weighted by Gasteiger charge is 2.10. The van der Waals surface area contributed by atoms with Gasteiger partial charge in [0, 0.05) is 13.1 Å². The first-order valence-corrected chi connectivity index (χ1v) is 9.31. The van der Waals surface area contributed by atoms with E-state index in [1.807, 2.05) is 24.3 Å². The minimum atomic E-state index is -0.493. The maximum atomic E-state index is 11.6. The first kappa shape index (κ1) is 19.0. The molecule has 0 saturated heterocycles. The van der Waals surface area contributed by atoms with Gasteiger partial charge >= 0.3 is 6.03 Å². The van der Waals surface area contributed by atoms with Crippen LogP contribution in [0.25, 0.3) is 0 Å². The van der Waals surface area contributed by atoms with E-state index in [9.17, 15) is 9.59 Å². The number of ether oxygens (including phenoxy) is 1. The molecule has 0 radical (unpaired) electrons. The van der Waals surface area contributed by atoms with Crippen LogP contribution in [0.4, 0.5) is 9.93 Å². The normalized spacial score (nSPS) is 10.2. The molecular weight excluding hydrogens is 362 g/mol. The minimum absolute atomic E-state index is 0.101. The Hall–Kier alpha value is -2.33. The van der Waals surface area contributed by atoms with E-state index >= 15 is 0 Å². The van der Waals surface area contributed by atoms with E-state index in [4.69, 9.17) is 4.74 Å². The van der Waals surface area contributed by atoms with Gasteiger partial charge in [-0.1, -0.05) is 35.2 Å². The van der Waals surface area contributed by atoms with Crippen molar-refractivity contribution >= 4 is 40.2 Å². The number of benzene rings is 1. The number of carbonyl (C=O) groups excluding carboxylic acids is 2. The predicted molar refractivity (Wildman–Crippen MR) is 98.2 cm³/mol. The van der Waals surface area contributed by atoms with Crippen molar-refractivity contribution in [1.29, 1.82) is 0 Å². The lowest BCUT2D eigenvalue weighted by atomic mass is 10.2. The number of nitrogens with one attached hydrogen (secondary N) is 3. The molecule has 3 N–H and O–H groups in total. The number of methoxy groups -OCH3 is 1. The van der Waals surface area contributed by atoms with Gasteiger partial charge in [-0.05, 0) is 24.6 Å². The van der Waals surface area contributed by atoms with Gasteiger partial charge in [0.15, 0.2) is 4.34 Å². The quantitative estimate of drug-likeness (QED) is 0.601. The van der Waals surface area contributed by atoms with Crippen LogP contribution in [0, 0.1) is 0 Å². The lowest BCUT2D eigenvalue weighted by Crippen LogP contribution is -2.40. The fraction of sp³-hybridized carbons (Fsp3) is 0.333. The van der Waals surface area contributed by atoms with Gasteiger partial charge in [-0.25, -0.2) is 4.79 Å². The molecule has 0 fully saturated rings. The highest BCUT2D eigenvalue weighted by Crippen LogP contribution is 2.25. The summed E-state index contributed by atoms with van der Waals surface area (Å²) in [7, 11) is 1.63. The second-order valence-corrected chi connectivity index (χ2v) is 6.97. The monoisotopic (exact) mass is 381 g/mol. The number of carbonyl (C=O) groups is 2. The van der Waals surface area contributed by atoms with E-state index in [1.54, 1.807) is 14.0 Å². The maximum absolute atomic E-state index is 11.6. The lowest BCUT2D eigenvalue weighted by Gasteiger charge is -2.04. The van der Waals surface area contributed by atoms with E-state index in [2.05, 4.69) is 26.1 Å². The minimum Gasteiger partial charge on any atom is -0.497 e. The number of nitrogens with zero attached hydrogens (tertiary/aromatic N) is 2. The lowest BCUT2D eigenvalue weighted by molar-refractivity contribution is -0.117. The summed E-state index contributed by atoms with van der Waals surface area (Å²) in [5.41, 5.74) is 1.09. The van der Waals surface area contributed by atoms with Gasteiger partial charge in [0.25, 0.3) is 0 Å². The molecular formula is C15H19N5O3S2. The molecule has 3 amide bonds. The van der Waals surface area contributed by atoms with Gasteiger partial charge in [-0.2, -0.15) is 0 Å². The molecule has 0 aliphatic carbocycles. The number of rotatable bonds is 8. The summed E-state index contributed by atoms with van der Waals surface area (Å²) >= 11 is 2.59. The van der Waals surface area contributed by atoms with Crippen molar-refractivity contribution in [1.82, 2.24) is 20.8 Å². The first-order valence-electron chi connectivity index (χ1n) is 7.51. The maximum Gasteiger partial charge on any atom is 0.321 e. The summed E-state index contributed by atoms with van der Waals surface area (Å²) < 4.78 is 5.77. The zero-order chi connectivity index (χ0) is 18.1. The molecule has 10 heteroatoms. The molecule has 8 nitrogen and oxygen atoms in total. The molecule has 0 atom stereocenters. The van der Waals surface area contributed by atoms with Crippen molar-refractivity contribution in [3.05, 3.63) is 29.8 Å². The Morgan fingerprint density at radius 3 is 2.68 bits per heavy atom. The fourth-order valence-corrected chi connectivity index (χ4v) is 3.30. The van der Waals surface area contributed by atoms with Gasteiger partial charge in [-0.3, -0.25) is 10.1 Å². The third-order valence-corrected chi connectivity index (χ3v) is 4.94. The summed E-state index contributed by atoms with van der Waals surface area (Å²) in [6, 6.07) is 7.23. The first-order chi connectivity index (χ1) is 12.1. The molecule has 0 unspecified atom stereocenters. The van der Waals surface area contributed by atoms with Gasteiger partial charge in [-0.15, -0.1) is 10.2 Å². The smallest absolute Gasteiger partial charge is 0.321 e. The van der Waals surface area contributed by atoms with Crippen molar-refractivity contribution < 1.29 is 14.3 Å². The van der Waals surface area contributed by atoms with E-state index in [0.717, 1.165) is 11.3 Å². The zero-order valence-corrected chi connectivity index (χ0v) is 15.5. The molecule has 0 aliphatic rings. The van der Waals surface area contributed by atoms with E-state index in [1.165, 1.54) is 23.1 Å². The molecule has 2 rings (SSSR count). The van der Waals surface area contributed by atoms with Crippen LogP contribution in [0.15, 0.2) is 28.6 Å². The van der Waals surface area contributed by atoms with Gasteiger partial charge in [0.1, 0.15) is 5.75 Å². The van der Waals surface area contributed by atoms with Gasteiger partial charge < -0.3 is 15.4 Å². The van der Waals surface area contributed by atoms with Crippen molar-refractivity contribution in [2.24, 2.45) is 0 Å². The highest BCUT2D eigenvalue weighted by molar-refractivity contribution is 8.01. The SMILES string of the molecule is CCNC(=O)NC(=O)CSc1nnc(NCc2ccc(OC)cc2)s1. The summed E-state index contributed by atoms with van der Waals surface area (Å²) in [6.45, 7) is 2.85. The number of aromatic nitrogens is 2. The summed E-state index contributed by atoms with van der Waals surface area (Å²) in [5, 5.41) is 16.6. The molecule has 1 aromatic carbocycles. The zero-order valence-electron chi connectivity index (χ0n) is 13.9. The van der Waals surface area contributed by atoms with Crippen molar-refractivity contribution in [3.8, 4) is 5.75 Å². The molecule has 0 bridgehead atoms. The molecule has 134 valence electrons. The van der Waals surface area contributed by atoms with Crippen LogP contribution in [0.5, 0.6) is 5.75 Å². The molecule has 1 heterocycles. The Bertz CT molecular complexity index is 705. The Kier molecular flexibility index (Phi) is 7.48. The molecule has 25 heavy (non-hydrogen) atoms. The van der Waals surface area contributed by atoms with Crippen LogP contribution in [-0.4, -0.2) is 41.5 Å². The number of amides is 3. The number of anilines is 1. The van der Waals surface area contributed by atoms with Crippen molar-refractivity contribution in [2.75, 3.05) is 24.7 Å². The largest absolute Gasteiger partial charge is 0.497 e. The molecule has 0 aliphatic heterocycles. The third kappa shape index (κ3) is 6.59. The number of hydrogen-bond donors (Lipinski definition) is 3. The number of urea groups is 1. The second-order valence-electron chi connectivity index (χ2n) is 4.77. The van der Waals surface area contributed by atoms with Crippen LogP contribution in [0.2, 0.25) is 0 Å². The highest BCUT2D eigenvalue weighted by atomic mass is 32.2. The van der Waals surface area contributed by atoms with E-state index < -0.39 is 6.03 Å². The van der Waals surface area contributed by atoms with Crippen LogP contribution in [0.3, 0.4) is 0 Å². The van der Waals surface area contributed by atoms with Gasteiger partial charge in [0.2, 0.25) is 11.0 Å². The predicted octanol–water partition coefficient (Wildman–Crippen LogP) is 2.10. The molecule has 1 aromatic heterocycles. The molecule has 2 aromatic rings. The average molecular weight is 381 g/mol. The average Bonchev–Trinajstić information content (AvgIpc) is 3.07. The standard InChI is InChI=1S/C15H19N5O3S2/c1-3-16-13(22)18-12(21)9-24-15-20-19-14(25-15)17-8-10-4-6-11(23-2)7-5-10/h4-7H,3,8-9H2,1-2H3,(H,17,19)(H2,16,18,21,22). The summed E-state index contributed by atoms with van der Waals surface area (Å²) in [4.78, 5) is 22.8. The number of hydrogen-bond acceptors (Lipinski definition) is 8. The third-order valence-electron chi connectivity index (χ3n) is 2.93. The Morgan fingerprint density at radius 1 is 1.24 bits per heavy atom. The Balaban J connectivity index is 1.75. The molecule has 0 saturated carbocycles. The fourth-order valence-electron chi connectivity index (χ4n) is 1.76. The summed E-state index contributed by atoms with van der Waals surface area (Å²) in [6.07, 6.45) is 0. The number of thioether (sulfide) groups is 1. The summed E-state index contributed by atoms with van der Waals surface area (Å²) in [5.74, 6) is 0.535. The van der Waals surface area contributed by atoms with Crippen LogP contribution in [-0.2, 0) is 11.3 Å². The van der Waals surface area contributed by atoms with Crippen LogP contribution in [0.1, 0.15) is 12.5 Å². The topological polar surface area (TPSA) is 105 Å². The van der Waals surface area contributed by atoms with Crippen LogP contribution < -0.4 is 20.7 Å². The van der Waals surface area contributed by atoms with E-state index in [0.29, 0.717) is 22.6 Å². The second kappa shape index (κ2) is 9.84.